The Morgan fingerprint density at radius 1 is 1.33 bits per heavy atom. The molecule has 2 rings (SSSR count). The molecule has 21 heavy (non-hydrogen) atoms. The number of anilines is 1. The smallest absolute Gasteiger partial charge is 0.337 e. The Hall–Kier alpha value is -2.19. The Balaban J connectivity index is 2.42. The number of carboxylic acid groups (broad SMARTS) is 1. The summed E-state index contributed by atoms with van der Waals surface area (Å²) in [5, 5.41) is 8.62. The highest BCUT2D eigenvalue weighted by Crippen LogP contribution is 2.23. The average molecular weight is 331 g/mol. The van der Waals surface area contributed by atoms with Crippen molar-refractivity contribution in [1.82, 2.24) is 4.98 Å². The Kier molecular flexibility index (Phi) is 4.10. The second kappa shape index (κ2) is 5.66. The minimum absolute atomic E-state index is 0.203. The molecule has 0 atom stereocenters. The summed E-state index contributed by atoms with van der Waals surface area (Å²) in [6, 6.07) is 3.99. The van der Waals surface area contributed by atoms with E-state index in [-0.39, 0.29) is 21.2 Å². The molecule has 0 spiro atoms. The number of rotatable bonds is 4. The molecule has 2 aromatic rings. The van der Waals surface area contributed by atoms with Crippen molar-refractivity contribution >= 4 is 33.3 Å². The van der Waals surface area contributed by atoms with E-state index in [9.17, 15) is 17.6 Å². The first-order chi connectivity index (χ1) is 9.81. The predicted molar refractivity (Wildman–Crippen MR) is 73.4 cm³/mol. The molecule has 0 radical (unpaired) electrons. The summed E-state index contributed by atoms with van der Waals surface area (Å²) in [6.45, 7) is 0. The summed E-state index contributed by atoms with van der Waals surface area (Å²) >= 11 is 5.53. The molecule has 0 aliphatic heterocycles. The van der Waals surface area contributed by atoms with E-state index in [2.05, 4.69) is 9.71 Å². The Labute approximate surface area is 124 Å². The third-order valence-electron chi connectivity index (χ3n) is 2.50. The number of nitrogens with zero attached hydrogens (tertiary/aromatic N) is 1. The highest BCUT2D eigenvalue weighted by molar-refractivity contribution is 7.92. The fourth-order valence-electron chi connectivity index (χ4n) is 1.51. The number of nitrogens with one attached hydrogen (secondary N) is 1. The Bertz CT molecular complexity index is 811. The number of hydrogen-bond acceptors (Lipinski definition) is 4. The standard InChI is InChI=1S/C12H8ClFN2O4S/c13-9-5-7(1-2-10(9)14)21(19,20)16-11-6-15-4-3-8(11)12(17)18/h1-6,16H,(H,17,18). The number of halogens is 2. The van der Waals surface area contributed by atoms with Crippen molar-refractivity contribution in [2.75, 3.05) is 4.72 Å². The quantitative estimate of drug-likeness (QED) is 0.897. The van der Waals surface area contributed by atoms with Gasteiger partial charge in [0.25, 0.3) is 10.0 Å². The molecule has 0 bridgehead atoms. The van der Waals surface area contributed by atoms with Crippen LogP contribution < -0.4 is 4.72 Å². The third-order valence-corrected chi connectivity index (χ3v) is 4.15. The second-order valence-corrected chi connectivity index (χ2v) is 6.00. The van der Waals surface area contributed by atoms with Gasteiger partial charge in [-0.25, -0.2) is 17.6 Å². The molecule has 0 saturated carbocycles. The molecule has 0 unspecified atom stereocenters. The topological polar surface area (TPSA) is 96.4 Å². The molecule has 0 aliphatic carbocycles. The molecular formula is C12H8ClFN2O4S. The molecule has 0 amide bonds. The lowest BCUT2D eigenvalue weighted by atomic mass is 10.2. The minimum atomic E-state index is -4.11. The lowest BCUT2D eigenvalue weighted by Crippen LogP contribution is -2.16. The molecule has 1 aromatic heterocycles. The number of aromatic nitrogens is 1. The van der Waals surface area contributed by atoms with E-state index >= 15 is 0 Å². The molecule has 9 heteroatoms. The summed E-state index contributed by atoms with van der Waals surface area (Å²) in [7, 11) is -4.11. The predicted octanol–water partition coefficient (Wildman–Crippen LogP) is 2.37. The Morgan fingerprint density at radius 2 is 2.05 bits per heavy atom. The van der Waals surface area contributed by atoms with Gasteiger partial charge in [0.2, 0.25) is 0 Å². The number of carboxylic acids is 1. The van der Waals surface area contributed by atoms with E-state index in [1.54, 1.807) is 0 Å². The number of aromatic carboxylic acids is 1. The summed E-state index contributed by atoms with van der Waals surface area (Å²) in [4.78, 5) is 14.4. The van der Waals surface area contributed by atoms with E-state index in [0.717, 1.165) is 30.5 Å². The molecule has 0 saturated heterocycles. The van der Waals surface area contributed by atoms with E-state index in [0.29, 0.717) is 0 Å². The zero-order valence-electron chi connectivity index (χ0n) is 10.2. The normalized spacial score (nSPS) is 11.1. The highest BCUT2D eigenvalue weighted by atomic mass is 35.5. The molecular weight excluding hydrogens is 323 g/mol. The molecule has 0 aliphatic rings. The van der Waals surface area contributed by atoms with Gasteiger partial charge in [0, 0.05) is 6.20 Å². The Morgan fingerprint density at radius 3 is 2.67 bits per heavy atom. The monoisotopic (exact) mass is 330 g/mol. The van der Waals surface area contributed by atoms with Crippen molar-refractivity contribution in [2.45, 2.75) is 4.90 Å². The summed E-state index contributed by atoms with van der Waals surface area (Å²) in [5.74, 6) is -2.07. The zero-order chi connectivity index (χ0) is 15.6. The van der Waals surface area contributed by atoms with Crippen molar-refractivity contribution in [2.24, 2.45) is 0 Å². The number of pyridine rings is 1. The first kappa shape index (κ1) is 15.2. The van der Waals surface area contributed by atoms with E-state index < -0.39 is 21.8 Å². The average Bonchev–Trinajstić information content (AvgIpc) is 2.41. The zero-order valence-corrected chi connectivity index (χ0v) is 11.8. The van der Waals surface area contributed by atoms with Gasteiger partial charge in [-0.2, -0.15) is 0 Å². The SMILES string of the molecule is O=C(O)c1ccncc1NS(=O)(=O)c1ccc(F)c(Cl)c1. The van der Waals surface area contributed by atoms with Crippen LogP contribution in [-0.4, -0.2) is 24.5 Å². The number of hydrogen-bond donors (Lipinski definition) is 2. The molecule has 6 nitrogen and oxygen atoms in total. The third kappa shape index (κ3) is 3.29. The molecule has 2 N–H and O–H groups in total. The van der Waals surface area contributed by atoms with Crippen molar-refractivity contribution in [3.8, 4) is 0 Å². The van der Waals surface area contributed by atoms with Crippen molar-refractivity contribution in [3.63, 3.8) is 0 Å². The van der Waals surface area contributed by atoms with Crippen LogP contribution in [0.3, 0.4) is 0 Å². The van der Waals surface area contributed by atoms with Gasteiger partial charge in [-0.15, -0.1) is 0 Å². The second-order valence-electron chi connectivity index (χ2n) is 3.91. The molecule has 1 heterocycles. The first-order valence-corrected chi connectivity index (χ1v) is 7.32. The van der Waals surface area contributed by atoms with Crippen molar-refractivity contribution in [1.29, 1.82) is 0 Å². The van der Waals surface area contributed by atoms with Crippen LogP contribution >= 0.6 is 11.6 Å². The highest BCUT2D eigenvalue weighted by Gasteiger charge is 2.19. The van der Waals surface area contributed by atoms with Crippen LogP contribution in [0.15, 0.2) is 41.6 Å². The van der Waals surface area contributed by atoms with Gasteiger partial charge in [-0.3, -0.25) is 9.71 Å². The fourth-order valence-corrected chi connectivity index (χ4v) is 2.85. The van der Waals surface area contributed by atoms with E-state index in [1.807, 2.05) is 0 Å². The lowest BCUT2D eigenvalue weighted by Gasteiger charge is -2.10. The minimum Gasteiger partial charge on any atom is -0.478 e. The molecule has 110 valence electrons. The maximum atomic E-state index is 13.0. The van der Waals surface area contributed by atoms with Crippen LogP contribution in [0.4, 0.5) is 10.1 Å². The first-order valence-electron chi connectivity index (χ1n) is 5.46. The molecule has 0 fully saturated rings. The fraction of sp³-hybridized carbons (Fsp3) is 0. The van der Waals surface area contributed by atoms with Gasteiger partial charge in [0.05, 0.1) is 27.4 Å². The van der Waals surface area contributed by atoms with Crippen LogP contribution in [0.5, 0.6) is 0 Å². The van der Waals surface area contributed by atoms with Gasteiger partial charge in [0.15, 0.2) is 0 Å². The van der Waals surface area contributed by atoms with Gasteiger partial charge in [-0.05, 0) is 24.3 Å². The van der Waals surface area contributed by atoms with Crippen LogP contribution in [0.1, 0.15) is 10.4 Å². The van der Waals surface area contributed by atoms with Gasteiger partial charge < -0.3 is 5.11 Å². The van der Waals surface area contributed by atoms with E-state index in [1.165, 1.54) is 6.20 Å². The maximum absolute atomic E-state index is 13.0. The number of sulfonamides is 1. The number of carbonyl (C=O) groups is 1. The van der Waals surface area contributed by atoms with Crippen molar-refractivity contribution in [3.05, 3.63) is 53.1 Å². The van der Waals surface area contributed by atoms with Crippen LogP contribution in [0.2, 0.25) is 5.02 Å². The van der Waals surface area contributed by atoms with Crippen LogP contribution in [0.25, 0.3) is 0 Å². The van der Waals surface area contributed by atoms with E-state index in [4.69, 9.17) is 16.7 Å². The maximum Gasteiger partial charge on any atom is 0.337 e. The lowest BCUT2D eigenvalue weighted by molar-refractivity contribution is 0.0698. The number of benzene rings is 1. The summed E-state index contributed by atoms with van der Waals surface area (Å²) < 4.78 is 39.4. The van der Waals surface area contributed by atoms with Gasteiger partial charge in [-0.1, -0.05) is 11.6 Å². The summed E-state index contributed by atoms with van der Waals surface area (Å²) in [5.41, 5.74) is -0.466. The van der Waals surface area contributed by atoms with Gasteiger partial charge in [0.1, 0.15) is 5.82 Å². The molecule has 1 aromatic carbocycles. The van der Waals surface area contributed by atoms with Gasteiger partial charge >= 0.3 is 5.97 Å². The van der Waals surface area contributed by atoms with Crippen molar-refractivity contribution < 1.29 is 22.7 Å². The van der Waals surface area contributed by atoms with Crippen LogP contribution in [-0.2, 0) is 10.0 Å². The van der Waals surface area contributed by atoms with Crippen LogP contribution in [0, 0.1) is 5.82 Å². The largest absolute Gasteiger partial charge is 0.478 e. The summed E-state index contributed by atoms with van der Waals surface area (Å²) in [6.07, 6.45) is 2.28.